The fourth-order valence-electron chi connectivity index (χ4n) is 9.83. The van der Waals surface area contributed by atoms with Crippen LogP contribution in [0.2, 0.25) is 0 Å². The van der Waals surface area contributed by atoms with Crippen LogP contribution in [0.15, 0.2) is 60.5 Å². The van der Waals surface area contributed by atoms with Crippen LogP contribution < -0.4 is 5.73 Å². The van der Waals surface area contributed by atoms with Gasteiger partial charge in [-0.05, 0) is 79.4 Å². The van der Waals surface area contributed by atoms with Crippen LogP contribution in [0.5, 0.6) is 0 Å². The average Bonchev–Trinajstić information content (AvgIpc) is 3.67. The van der Waals surface area contributed by atoms with Crippen LogP contribution in [0.3, 0.4) is 0 Å². The summed E-state index contributed by atoms with van der Waals surface area (Å²) in [6.45, 7) is 4.12. The number of fused-ring (bicyclic) bond motifs is 7. The maximum atomic E-state index is 13.8. The van der Waals surface area contributed by atoms with Gasteiger partial charge < -0.3 is 35.1 Å². The second kappa shape index (κ2) is 10.5. The molecule has 5 N–H and O–H groups in total. The molecule has 0 radical (unpaired) electrons. The minimum atomic E-state index is -1.38. The smallest absolute Gasteiger partial charge is 0.193 e. The summed E-state index contributed by atoms with van der Waals surface area (Å²) in [5.74, 6) is -0.326. The maximum Gasteiger partial charge on any atom is 0.193 e. The van der Waals surface area contributed by atoms with E-state index >= 15 is 0 Å². The van der Waals surface area contributed by atoms with Gasteiger partial charge in [-0.1, -0.05) is 37.6 Å². The molecule has 9 atom stereocenters. The molecular weight excluding hydrogens is 560 g/mol. The first-order valence-corrected chi connectivity index (χ1v) is 15.8. The molecule has 1 aliphatic heterocycles. The molecule has 234 valence electrons. The fourth-order valence-corrected chi connectivity index (χ4v) is 9.83. The summed E-state index contributed by atoms with van der Waals surface area (Å²) < 4.78 is 15.3. The number of hydrogen-bond donors (Lipinski definition) is 4. The lowest BCUT2D eigenvalue weighted by atomic mass is 9.46. The molecular formula is C35H42N2O7. The highest BCUT2D eigenvalue weighted by atomic mass is 16.7. The first-order valence-electron chi connectivity index (χ1n) is 15.8. The number of carbonyl (C=O) groups is 2. The fraction of sp³-hybridized carbons (Fsp3) is 0.543. The van der Waals surface area contributed by atoms with Crippen LogP contribution in [0, 0.1) is 28.6 Å². The van der Waals surface area contributed by atoms with Gasteiger partial charge in [0.25, 0.3) is 0 Å². The topological polar surface area (TPSA) is 144 Å². The Labute approximate surface area is 257 Å². The van der Waals surface area contributed by atoms with Crippen molar-refractivity contribution >= 4 is 17.3 Å². The molecule has 9 nitrogen and oxygen atoms in total. The number of rotatable bonds is 7. The predicted octanol–water partition coefficient (Wildman–Crippen LogP) is 3.26. The van der Waals surface area contributed by atoms with Crippen molar-refractivity contribution in [2.75, 3.05) is 18.9 Å². The number of aliphatic hydroxyl groups is 3. The molecule has 44 heavy (non-hydrogen) atoms. The largest absolute Gasteiger partial charge is 0.398 e. The molecule has 0 amide bonds. The van der Waals surface area contributed by atoms with E-state index in [2.05, 4.69) is 6.92 Å². The van der Waals surface area contributed by atoms with Crippen molar-refractivity contribution in [3.63, 3.8) is 0 Å². The van der Waals surface area contributed by atoms with Gasteiger partial charge in [-0.25, -0.2) is 0 Å². The molecule has 3 saturated carbocycles. The molecule has 0 spiro atoms. The number of ketones is 2. The third kappa shape index (κ3) is 4.16. The summed E-state index contributed by atoms with van der Waals surface area (Å²) in [5, 5.41) is 31.3. The van der Waals surface area contributed by atoms with Crippen molar-refractivity contribution in [1.82, 2.24) is 4.57 Å². The van der Waals surface area contributed by atoms with Crippen LogP contribution in [0.4, 0.5) is 5.69 Å². The van der Waals surface area contributed by atoms with Crippen molar-refractivity contribution in [1.29, 1.82) is 0 Å². The number of allylic oxidation sites excluding steroid dienone is 4. The number of nitrogen functional groups attached to an aromatic ring is 1. The van der Waals surface area contributed by atoms with Crippen molar-refractivity contribution in [3.8, 4) is 0 Å². The lowest BCUT2D eigenvalue weighted by Gasteiger charge is -2.59. The normalized spacial score (nSPS) is 38.9. The van der Waals surface area contributed by atoms with Crippen LogP contribution in [-0.2, 0) is 32.0 Å². The van der Waals surface area contributed by atoms with E-state index in [9.17, 15) is 24.9 Å². The van der Waals surface area contributed by atoms with Crippen LogP contribution in [-0.4, -0.2) is 62.5 Å². The Hall–Kier alpha value is -3.08. The first-order chi connectivity index (χ1) is 21.0. The van der Waals surface area contributed by atoms with E-state index in [-0.39, 0.29) is 30.1 Å². The maximum absolute atomic E-state index is 13.8. The Kier molecular flexibility index (Phi) is 7.06. The lowest BCUT2D eigenvalue weighted by Crippen LogP contribution is -2.63. The van der Waals surface area contributed by atoms with E-state index in [0.717, 1.165) is 35.1 Å². The number of benzene rings is 1. The number of anilines is 1. The predicted molar refractivity (Wildman–Crippen MR) is 162 cm³/mol. The minimum Gasteiger partial charge on any atom is -0.398 e. The van der Waals surface area contributed by atoms with E-state index in [1.165, 1.54) is 0 Å². The number of ether oxygens (including phenoxy) is 2. The zero-order valence-corrected chi connectivity index (χ0v) is 25.3. The summed E-state index contributed by atoms with van der Waals surface area (Å²) >= 11 is 0. The number of Topliss-reactive ketones (excluding diaryl/α,β-unsaturated/α-hetero) is 1. The Morgan fingerprint density at radius 1 is 1.20 bits per heavy atom. The van der Waals surface area contributed by atoms with Gasteiger partial charge in [-0.3, -0.25) is 9.59 Å². The second-order valence-electron chi connectivity index (χ2n) is 14.0. The molecule has 5 aliphatic rings. The lowest BCUT2D eigenvalue weighted by molar-refractivity contribution is -0.201. The van der Waals surface area contributed by atoms with Crippen molar-refractivity contribution in [2.24, 2.45) is 28.6 Å². The number of aromatic nitrogens is 1. The summed E-state index contributed by atoms with van der Waals surface area (Å²) in [5.41, 5.74) is 8.09. The van der Waals surface area contributed by atoms with Gasteiger partial charge in [0.1, 0.15) is 6.61 Å². The van der Waals surface area contributed by atoms with Gasteiger partial charge in [0, 0.05) is 53.5 Å². The molecule has 2 aromatic rings. The highest BCUT2D eigenvalue weighted by Gasteiger charge is 2.75. The number of carbonyl (C=O) groups excluding carboxylic acids is 2. The molecule has 2 heterocycles. The van der Waals surface area contributed by atoms with Gasteiger partial charge in [-0.2, -0.15) is 0 Å². The minimum absolute atomic E-state index is 0.00397. The highest BCUT2D eigenvalue weighted by molar-refractivity contribution is 6.01. The Morgan fingerprint density at radius 2 is 2.02 bits per heavy atom. The molecule has 4 aliphatic carbocycles. The summed E-state index contributed by atoms with van der Waals surface area (Å²) in [6.07, 6.45) is 10.2. The highest BCUT2D eigenvalue weighted by Crippen LogP contribution is 2.70. The monoisotopic (exact) mass is 602 g/mol. The van der Waals surface area contributed by atoms with Crippen LogP contribution in [0.1, 0.15) is 62.5 Å². The van der Waals surface area contributed by atoms with Crippen LogP contribution >= 0.6 is 0 Å². The molecule has 0 unspecified atom stereocenters. The molecule has 4 fully saturated rings. The van der Waals surface area contributed by atoms with E-state index < -0.39 is 47.3 Å². The molecule has 7 rings (SSSR count). The molecule has 9 heteroatoms. The van der Waals surface area contributed by atoms with Gasteiger partial charge >= 0.3 is 0 Å². The SMILES string of the molecule is C[C@]12C=CC(=O)C=C1CC[C@@H]1[C@@H]2[C@@H](O)C[C@@]2(C)[C@H]1C[C@H]1O[C@@H](c3ccn(Cc4ccc(CCO)c(N)c4)c3)O[C@]12C(=O)CO. The van der Waals surface area contributed by atoms with Crippen molar-refractivity contribution < 1.29 is 34.4 Å². The van der Waals surface area contributed by atoms with Crippen LogP contribution in [0.25, 0.3) is 0 Å². The molecule has 0 bridgehead atoms. The zero-order valence-electron chi connectivity index (χ0n) is 25.3. The van der Waals surface area contributed by atoms with E-state index in [1.54, 1.807) is 12.2 Å². The van der Waals surface area contributed by atoms with Gasteiger partial charge in [0.15, 0.2) is 23.5 Å². The quantitative estimate of drug-likeness (QED) is 0.354. The van der Waals surface area contributed by atoms with E-state index in [1.807, 2.05) is 54.2 Å². The Bertz CT molecular complexity index is 1560. The van der Waals surface area contributed by atoms with Gasteiger partial charge in [0.2, 0.25) is 0 Å². The standard InChI is InChI=1S/C35H42N2O7/c1-33-10-7-24(40)14-23(33)5-6-25-26-15-30-35(29(42)19-39,34(26,2)16-28(41)31(25)33)44-32(43-30)22-8-11-37(18-22)17-20-3-4-21(9-12-38)27(36)13-20/h3-4,7-8,10-11,13-14,18,25-26,28,30-32,38-39,41H,5-6,9,12,15-17,19,36H2,1-2H3/t25-,26-,28-,30+,31+,32+,33-,34-,35+/m0/s1. The molecule has 1 saturated heterocycles. The summed E-state index contributed by atoms with van der Waals surface area (Å²) in [6, 6.07) is 7.77. The molecule has 1 aromatic heterocycles. The Balaban J connectivity index is 1.16. The van der Waals surface area contributed by atoms with Gasteiger partial charge in [0.05, 0.1) is 12.2 Å². The van der Waals surface area contributed by atoms with Crippen molar-refractivity contribution in [3.05, 3.63) is 77.2 Å². The van der Waals surface area contributed by atoms with E-state index in [4.69, 9.17) is 15.2 Å². The third-order valence-corrected chi connectivity index (χ3v) is 11.8. The van der Waals surface area contributed by atoms with Gasteiger partial charge in [-0.15, -0.1) is 0 Å². The number of nitrogens with zero attached hydrogens (tertiary/aromatic N) is 1. The average molecular weight is 603 g/mol. The third-order valence-electron chi connectivity index (χ3n) is 11.8. The Morgan fingerprint density at radius 3 is 2.77 bits per heavy atom. The summed E-state index contributed by atoms with van der Waals surface area (Å²) in [7, 11) is 0. The number of hydrogen-bond acceptors (Lipinski definition) is 8. The second-order valence-corrected chi connectivity index (χ2v) is 14.0. The summed E-state index contributed by atoms with van der Waals surface area (Å²) in [4.78, 5) is 25.9. The number of aliphatic hydroxyl groups excluding tert-OH is 3. The number of nitrogens with two attached hydrogens (primary N) is 1. The zero-order chi connectivity index (χ0) is 31.0. The first kappa shape index (κ1) is 29.6. The molecule has 1 aromatic carbocycles. The van der Waals surface area contributed by atoms with Crippen molar-refractivity contribution in [2.45, 2.75) is 76.6 Å². The van der Waals surface area contributed by atoms with E-state index in [0.29, 0.717) is 31.5 Å².